The molecule has 7 nitrogen and oxygen atoms in total. The summed E-state index contributed by atoms with van der Waals surface area (Å²) < 4.78 is 16.1. The number of nitro groups is 1. The molecule has 0 unspecified atom stereocenters. The molecule has 0 spiro atoms. The molecule has 0 saturated heterocycles. The van der Waals surface area contributed by atoms with Crippen molar-refractivity contribution in [1.82, 2.24) is 19.9 Å². The molecule has 0 fully saturated rings. The second kappa shape index (κ2) is 11.9. The second-order valence-electron chi connectivity index (χ2n) is 13.7. The summed E-state index contributed by atoms with van der Waals surface area (Å²) in [5, 5.41) is 11.6. The van der Waals surface area contributed by atoms with Gasteiger partial charge in [0.05, 0.1) is 27.9 Å². The zero-order chi connectivity index (χ0) is 35.7. The molecule has 0 saturated carbocycles. The van der Waals surface area contributed by atoms with E-state index in [0.717, 1.165) is 84.0 Å². The van der Waals surface area contributed by atoms with Crippen molar-refractivity contribution >= 4 is 50.9 Å². The maximum atomic E-state index is 16.1. The van der Waals surface area contributed by atoms with Crippen molar-refractivity contribution < 1.29 is 9.31 Å². The van der Waals surface area contributed by atoms with Crippen LogP contribution in [0.1, 0.15) is 44.8 Å². The van der Waals surface area contributed by atoms with E-state index in [1.54, 1.807) is 0 Å². The quantitative estimate of drug-likeness (QED) is 0.128. The van der Waals surface area contributed by atoms with Crippen molar-refractivity contribution in [2.75, 3.05) is 0 Å². The second-order valence-corrected chi connectivity index (χ2v) is 13.7. The largest absolute Gasteiger partial charge is 0.354 e. The zero-order valence-electron chi connectivity index (χ0n) is 29.2. The number of nitrogens with zero attached hydrogens (tertiary/aromatic N) is 2. The topological polar surface area (TPSA) is 103 Å². The number of benzene rings is 3. The van der Waals surface area contributed by atoms with Crippen LogP contribution >= 0.6 is 0 Å². The van der Waals surface area contributed by atoms with Crippen LogP contribution in [0.3, 0.4) is 0 Å². The van der Waals surface area contributed by atoms with Gasteiger partial charge in [0.25, 0.3) is 5.69 Å². The third-order valence-electron chi connectivity index (χ3n) is 9.86. The van der Waals surface area contributed by atoms with E-state index in [9.17, 15) is 10.1 Å². The van der Waals surface area contributed by atoms with E-state index < -0.39 is 10.7 Å². The molecule has 5 heterocycles. The number of halogens is 1. The SMILES string of the molecule is Cc1cc(C)c(-c2c3nc(c4ccc([nH]4)c(-c4c(C)cc(C)cc4C)c4ccc([nH]4)c(-c4ccc([N+](=O)[O-])cc4F)c4ccc2[nH]4)C=C3)c(C)c1. The summed E-state index contributed by atoms with van der Waals surface area (Å²) in [6, 6.07) is 24.6. The Labute approximate surface area is 294 Å². The minimum atomic E-state index is -0.690. The molecular formula is C43H36FN5O2. The van der Waals surface area contributed by atoms with Crippen LogP contribution < -0.4 is 0 Å². The number of aromatic nitrogens is 4. The van der Waals surface area contributed by atoms with Gasteiger partial charge in [-0.2, -0.15) is 0 Å². The Balaban J connectivity index is 1.58. The summed E-state index contributed by atoms with van der Waals surface area (Å²) in [5.74, 6) is -0.690. The van der Waals surface area contributed by atoms with Crippen molar-refractivity contribution in [1.29, 1.82) is 0 Å². The summed E-state index contributed by atoms with van der Waals surface area (Å²) in [6.45, 7) is 12.6. The first-order valence-electron chi connectivity index (χ1n) is 16.9. The summed E-state index contributed by atoms with van der Waals surface area (Å²) in [4.78, 5) is 27.2. The van der Waals surface area contributed by atoms with Gasteiger partial charge in [-0.3, -0.25) is 10.1 Å². The summed E-state index contributed by atoms with van der Waals surface area (Å²) in [5.41, 5.74) is 17.8. The number of rotatable bonds is 4. The van der Waals surface area contributed by atoms with Crippen LogP contribution in [-0.4, -0.2) is 24.9 Å². The molecule has 3 N–H and O–H groups in total. The molecule has 7 aromatic rings. The number of hydrogen-bond donors (Lipinski definition) is 3. The smallest absolute Gasteiger partial charge is 0.272 e. The fourth-order valence-corrected chi connectivity index (χ4v) is 7.93. The van der Waals surface area contributed by atoms with Crippen LogP contribution in [0.4, 0.5) is 10.1 Å². The lowest BCUT2D eigenvalue weighted by Gasteiger charge is -2.13. The van der Waals surface area contributed by atoms with E-state index in [2.05, 4.69) is 92.9 Å². The maximum Gasteiger partial charge on any atom is 0.272 e. The van der Waals surface area contributed by atoms with Gasteiger partial charge < -0.3 is 15.0 Å². The molecule has 0 aliphatic carbocycles. The van der Waals surface area contributed by atoms with Crippen LogP contribution in [-0.2, 0) is 0 Å². The molecule has 252 valence electrons. The van der Waals surface area contributed by atoms with Crippen molar-refractivity contribution in [2.45, 2.75) is 41.5 Å². The van der Waals surface area contributed by atoms with E-state index in [4.69, 9.17) is 4.98 Å². The summed E-state index contributed by atoms with van der Waals surface area (Å²) in [6.07, 6.45) is 4.09. The Kier molecular flexibility index (Phi) is 7.49. The molecule has 3 aromatic carbocycles. The fraction of sp³-hybridized carbons (Fsp3) is 0.140. The Hall–Kier alpha value is -6.28. The summed E-state index contributed by atoms with van der Waals surface area (Å²) >= 11 is 0. The standard InChI is InChI=1S/C43H36FN5O2/c1-22-17-24(3)39(25(4)18-22)42-35-11-9-31(45-35)32-10-12-36(46-32)43(40-26(5)19-23(2)20-27(40)6)38-16-14-34(48-38)41(33-13-15-37(42)47-33)29-8-7-28(49(50)51)21-30(29)44/h7-21,45,47-48H,1-6H3. The molecule has 8 bridgehead atoms. The number of non-ortho nitro benzene ring substituents is 1. The average Bonchev–Trinajstić information content (AvgIpc) is 3.89. The molecule has 0 amide bonds. The highest BCUT2D eigenvalue weighted by Gasteiger charge is 2.20. The Bertz CT molecular complexity index is 2720. The molecule has 0 atom stereocenters. The van der Waals surface area contributed by atoms with Gasteiger partial charge in [-0.05, 0) is 130 Å². The van der Waals surface area contributed by atoms with Crippen LogP contribution in [0.15, 0.2) is 78.9 Å². The molecule has 8 heteroatoms. The first-order chi connectivity index (χ1) is 24.5. The van der Waals surface area contributed by atoms with E-state index in [0.29, 0.717) is 16.6 Å². The van der Waals surface area contributed by atoms with Gasteiger partial charge in [-0.25, -0.2) is 9.37 Å². The molecule has 8 rings (SSSR count). The molecule has 51 heavy (non-hydrogen) atoms. The lowest BCUT2D eigenvalue weighted by Crippen LogP contribution is -1.94. The lowest BCUT2D eigenvalue weighted by atomic mass is 9.92. The molecule has 0 radical (unpaired) electrons. The number of H-pyrrole nitrogens is 3. The number of aryl methyl sites for hydroxylation is 6. The van der Waals surface area contributed by atoms with Gasteiger partial charge in [-0.1, -0.05) is 35.4 Å². The highest BCUT2D eigenvalue weighted by molar-refractivity contribution is 6.01. The highest BCUT2D eigenvalue weighted by atomic mass is 19.1. The molecule has 4 aromatic heterocycles. The van der Waals surface area contributed by atoms with E-state index in [-0.39, 0.29) is 11.3 Å². The van der Waals surface area contributed by atoms with Gasteiger partial charge in [0.1, 0.15) is 5.82 Å². The average molecular weight is 674 g/mol. The predicted molar refractivity (Wildman–Crippen MR) is 207 cm³/mol. The van der Waals surface area contributed by atoms with Gasteiger partial charge in [0, 0.05) is 55.9 Å². The van der Waals surface area contributed by atoms with Crippen LogP contribution in [0, 0.1) is 57.5 Å². The van der Waals surface area contributed by atoms with Crippen molar-refractivity contribution in [3.8, 4) is 33.4 Å². The Morgan fingerprint density at radius 1 is 0.529 bits per heavy atom. The van der Waals surface area contributed by atoms with E-state index in [1.807, 2.05) is 36.4 Å². The van der Waals surface area contributed by atoms with Crippen molar-refractivity contribution in [2.24, 2.45) is 0 Å². The number of fused-ring (bicyclic) bond motifs is 9. The fourth-order valence-electron chi connectivity index (χ4n) is 7.93. The van der Waals surface area contributed by atoms with Crippen molar-refractivity contribution in [3.05, 3.63) is 140 Å². The minimum Gasteiger partial charge on any atom is -0.354 e. The van der Waals surface area contributed by atoms with Crippen molar-refractivity contribution in [3.63, 3.8) is 0 Å². The van der Waals surface area contributed by atoms with Gasteiger partial charge in [0.15, 0.2) is 0 Å². The molecule has 1 aliphatic rings. The molecular weight excluding hydrogens is 638 g/mol. The van der Waals surface area contributed by atoms with E-state index in [1.165, 1.54) is 23.3 Å². The van der Waals surface area contributed by atoms with E-state index >= 15 is 4.39 Å². The van der Waals surface area contributed by atoms with Gasteiger partial charge in [-0.15, -0.1) is 0 Å². The first-order valence-corrected chi connectivity index (χ1v) is 16.9. The third-order valence-corrected chi connectivity index (χ3v) is 9.86. The number of hydrogen-bond acceptors (Lipinski definition) is 3. The van der Waals surface area contributed by atoms with Crippen LogP contribution in [0.5, 0.6) is 0 Å². The molecule has 1 aliphatic heterocycles. The maximum absolute atomic E-state index is 16.1. The zero-order valence-corrected chi connectivity index (χ0v) is 29.2. The third kappa shape index (κ3) is 5.40. The summed E-state index contributed by atoms with van der Waals surface area (Å²) in [7, 11) is 0. The predicted octanol–water partition coefficient (Wildman–Crippen LogP) is 11.6. The first kappa shape index (κ1) is 32.0. The lowest BCUT2D eigenvalue weighted by molar-refractivity contribution is -0.385. The van der Waals surface area contributed by atoms with Gasteiger partial charge >= 0.3 is 0 Å². The van der Waals surface area contributed by atoms with Crippen LogP contribution in [0.2, 0.25) is 0 Å². The highest BCUT2D eigenvalue weighted by Crippen LogP contribution is 2.40. The van der Waals surface area contributed by atoms with Crippen LogP contribution in [0.25, 0.3) is 78.6 Å². The Morgan fingerprint density at radius 3 is 1.47 bits per heavy atom. The Morgan fingerprint density at radius 2 is 0.961 bits per heavy atom. The normalized spacial score (nSPS) is 11.9. The minimum absolute atomic E-state index is 0.232. The number of aromatic amines is 3. The van der Waals surface area contributed by atoms with Gasteiger partial charge in [0.2, 0.25) is 0 Å². The number of nitrogens with one attached hydrogen (secondary N) is 3. The monoisotopic (exact) mass is 673 g/mol. The number of nitro benzene ring substituents is 1.